The van der Waals surface area contributed by atoms with E-state index in [0.717, 1.165) is 49.7 Å². The topological polar surface area (TPSA) is 63.5 Å². The van der Waals surface area contributed by atoms with Crippen LogP contribution in [0, 0.1) is 12.8 Å². The summed E-state index contributed by atoms with van der Waals surface area (Å²) < 4.78 is 7.87. The number of aryl methyl sites for hydroxylation is 3. The summed E-state index contributed by atoms with van der Waals surface area (Å²) in [5.41, 5.74) is 3.61. The lowest BCUT2D eigenvalue weighted by Gasteiger charge is -2.16. The van der Waals surface area contributed by atoms with Crippen molar-refractivity contribution in [1.29, 1.82) is 0 Å². The zero-order chi connectivity index (χ0) is 20.4. The van der Waals surface area contributed by atoms with Crippen LogP contribution in [0.1, 0.15) is 43.4 Å². The number of hydrogen-bond acceptors (Lipinski definition) is 3. The molecule has 2 aromatic rings. The van der Waals surface area contributed by atoms with Gasteiger partial charge in [-0.2, -0.15) is 5.10 Å². The monoisotopic (exact) mass is 513 g/mol. The maximum atomic E-state index is 6.04. The Labute approximate surface area is 192 Å². The number of aromatic nitrogens is 2. The Morgan fingerprint density at radius 1 is 1.28 bits per heavy atom. The van der Waals surface area contributed by atoms with E-state index in [1.165, 1.54) is 11.1 Å². The van der Waals surface area contributed by atoms with Crippen LogP contribution in [0.4, 0.5) is 0 Å². The normalized spacial score (nSPS) is 11.3. The van der Waals surface area contributed by atoms with Crippen LogP contribution in [0.5, 0.6) is 5.75 Å². The summed E-state index contributed by atoms with van der Waals surface area (Å²) in [6.45, 7) is 8.81. The summed E-state index contributed by atoms with van der Waals surface area (Å²) in [6.07, 6.45) is 7.07. The molecule has 1 aromatic heterocycles. The first-order valence-corrected chi connectivity index (χ1v) is 10.1. The van der Waals surface area contributed by atoms with Gasteiger partial charge in [0.25, 0.3) is 0 Å². The van der Waals surface area contributed by atoms with E-state index in [2.05, 4.69) is 65.9 Å². The number of guanidine groups is 1. The van der Waals surface area contributed by atoms with Crippen molar-refractivity contribution in [2.75, 3.05) is 20.2 Å². The van der Waals surface area contributed by atoms with Gasteiger partial charge in [0.2, 0.25) is 0 Å². The van der Waals surface area contributed by atoms with Gasteiger partial charge in [0.15, 0.2) is 5.96 Å². The van der Waals surface area contributed by atoms with Crippen molar-refractivity contribution in [2.45, 2.75) is 46.6 Å². The van der Waals surface area contributed by atoms with Gasteiger partial charge in [-0.1, -0.05) is 26.0 Å². The first-order chi connectivity index (χ1) is 13.5. The Kier molecular flexibility index (Phi) is 11.7. The van der Waals surface area contributed by atoms with Gasteiger partial charge in [-0.3, -0.25) is 9.67 Å². The van der Waals surface area contributed by atoms with Gasteiger partial charge in [0.1, 0.15) is 5.75 Å². The lowest BCUT2D eigenvalue weighted by Crippen LogP contribution is -2.37. The van der Waals surface area contributed by atoms with Crippen LogP contribution in [-0.4, -0.2) is 35.9 Å². The van der Waals surface area contributed by atoms with Gasteiger partial charge in [0, 0.05) is 38.9 Å². The number of nitrogens with zero attached hydrogens (tertiary/aromatic N) is 3. The molecule has 1 heterocycles. The highest BCUT2D eigenvalue weighted by Gasteiger charge is 2.07. The van der Waals surface area contributed by atoms with E-state index in [4.69, 9.17) is 4.74 Å². The van der Waals surface area contributed by atoms with Crippen LogP contribution in [0.3, 0.4) is 0 Å². The molecule has 0 saturated carbocycles. The summed E-state index contributed by atoms with van der Waals surface area (Å²) >= 11 is 0. The second-order valence-corrected chi connectivity index (χ2v) is 7.62. The van der Waals surface area contributed by atoms with Crippen molar-refractivity contribution in [2.24, 2.45) is 18.0 Å². The number of halogens is 1. The Hall–Kier alpha value is -1.77. The lowest BCUT2D eigenvalue weighted by molar-refractivity contribution is 0.286. The molecule has 0 amide bonds. The molecule has 0 atom stereocenters. The molecular formula is C22H36IN5O. The van der Waals surface area contributed by atoms with Crippen molar-refractivity contribution in [3.63, 3.8) is 0 Å². The molecule has 0 aliphatic heterocycles. The van der Waals surface area contributed by atoms with Crippen LogP contribution in [0.2, 0.25) is 0 Å². The second kappa shape index (κ2) is 13.5. The number of nitrogens with one attached hydrogen (secondary N) is 2. The molecule has 0 radical (unpaired) electrons. The maximum Gasteiger partial charge on any atom is 0.191 e. The summed E-state index contributed by atoms with van der Waals surface area (Å²) in [6, 6.07) is 6.36. The molecule has 6 nitrogen and oxygen atoms in total. The molecule has 162 valence electrons. The molecule has 29 heavy (non-hydrogen) atoms. The molecule has 0 fully saturated rings. The smallest absolute Gasteiger partial charge is 0.191 e. The predicted molar refractivity (Wildman–Crippen MR) is 131 cm³/mol. The molecular weight excluding hydrogens is 477 g/mol. The third-order valence-electron chi connectivity index (χ3n) is 4.54. The fraction of sp³-hybridized carbons (Fsp3) is 0.545. The average molecular weight is 513 g/mol. The zero-order valence-corrected chi connectivity index (χ0v) is 20.7. The van der Waals surface area contributed by atoms with Crippen molar-refractivity contribution in [1.82, 2.24) is 20.4 Å². The van der Waals surface area contributed by atoms with Crippen molar-refractivity contribution < 1.29 is 4.74 Å². The summed E-state index contributed by atoms with van der Waals surface area (Å²) in [7, 11) is 3.74. The predicted octanol–water partition coefficient (Wildman–Crippen LogP) is 4.07. The number of aliphatic imine (C=N–C) groups is 1. The molecule has 0 aliphatic carbocycles. The molecule has 0 spiro atoms. The van der Waals surface area contributed by atoms with Gasteiger partial charge in [-0.05, 0) is 49.3 Å². The minimum atomic E-state index is 0. The minimum Gasteiger partial charge on any atom is -0.493 e. The van der Waals surface area contributed by atoms with Crippen LogP contribution in [0.25, 0.3) is 0 Å². The summed E-state index contributed by atoms with van der Waals surface area (Å²) in [5, 5.41) is 11.0. The molecule has 0 saturated heterocycles. The summed E-state index contributed by atoms with van der Waals surface area (Å²) in [4.78, 5) is 4.32. The van der Waals surface area contributed by atoms with E-state index < -0.39 is 0 Å². The van der Waals surface area contributed by atoms with Crippen LogP contribution < -0.4 is 15.4 Å². The Balaban J connectivity index is 0.00000420. The number of ether oxygens (including phenoxy) is 1. The highest BCUT2D eigenvalue weighted by molar-refractivity contribution is 14.0. The molecule has 0 bridgehead atoms. The van der Waals surface area contributed by atoms with Crippen molar-refractivity contribution in [3.05, 3.63) is 47.3 Å². The molecule has 1 aromatic carbocycles. The SMILES string of the molecule is CN=C(NCCCc1cnn(C)c1)NCc1ccc(C)cc1OCCC(C)C.I. The molecule has 2 N–H and O–H groups in total. The highest BCUT2D eigenvalue weighted by atomic mass is 127. The highest BCUT2D eigenvalue weighted by Crippen LogP contribution is 2.21. The second-order valence-electron chi connectivity index (χ2n) is 7.62. The van der Waals surface area contributed by atoms with Gasteiger partial charge < -0.3 is 15.4 Å². The fourth-order valence-corrected chi connectivity index (χ4v) is 2.85. The number of hydrogen-bond donors (Lipinski definition) is 2. The average Bonchev–Trinajstić information content (AvgIpc) is 3.07. The molecule has 2 rings (SSSR count). The molecule has 7 heteroatoms. The van der Waals surface area contributed by atoms with Crippen LogP contribution in [-0.2, 0) is 20.0 Å². The maximum absolute atomic E-state index is 6.04. The van der Waals surface area contributed by atoms with E-state index in [9.17, 15) is 0 Å². The van der Waals surface area contributed by atoms with Crippen LogP contribution >= 0.6 is 24.0 Å². The van der Waals surface area contributed by atoms with Gasteiger partial charge in [-0.25, -0.2) is 0 Å². The fourth-order valence-electron chi connectivity index (χ4n) is 2.85. The van der Waals surface area contributed by atoms with E-state index in [1.54, 1.807) is 7.05 Å². The minimum absolute atomic E-state index is 0. The molecule has 0 aliphatic rings. The summed E-state index contributed by atoms with van der Waals surface area (Å²) in [5.74, 6) is 2.40. The zero-order valence-electron chi connectivity index (χ0n) is 18.4. The third-order valence-corrected chi connectivity index (χ3v) is 4.54. The largest absolute Gasteiger partial charge is 0.493 e. The van der Waals surface area contributed by atoms with E-state index in [-0.39, 0.29) is 24.0 Å². The van der Waals surface area contributed by atoms with Crippen LogP contribution in [0.15, 0.2) is 35.6 Å². The van der Waals surface area contributed by atoms with Gasteiger partial charge in [0.05, 0.1) is 12.8 Å². The van der Waals surface area contributed by atoms with Crippen molar-refractivity contribution >= 4 is 29.9 Å². The van der Waals surface area contributed by atoms with Gasteiger partial charge >= 0.3 is 0 Å². The number of benzene rings is 1. The standard InChI is InChI=1S/C22H35N5O.HI/c1-17(2)10-12-28-21-13-18(3)8-9-20(21)15-25-22(23-4)24-11-6-7-19-14-26-27(5)16-19;/h8-9,13-14,16-17H,6-7,10-12,15H2,1-5H3,(H2,23,24,25);1H. The lowest BCUT2D eigenvalue weighted by atomic mass is 10.1. The van der Waals surface area contributed by atoms with E-state index >= 15 is 0 Å². The Morgan fingerprint density at radius 3 is 2.72 bits per heavy atom. The quantitative estimate of drug-likeness (QED) is 0.218. The van der Waals surface area contributed by atoms with Crippen molar-refractivity contribution in [3.8, 4) is 5.75 Å². The Morgan fingerprint density at radius 2 is 2.07 bits per heavy atom. The molecule has 0 unspecified atom stereocenters. The Bertz CT molecular complexity index is 757. The third kappa shape index (κ3) is 9.51. The van der Waals surface area contributed by atoms with E-state index in [0.29, 0.717) is 12.5 Å². The van der Waals surface area contributed by atoms with E-state index in [1.807, 2.05) is 17.9 Å². The first kappa shape index (κ1) is 25.3. The van der Waals surface area contributed by atoms with Gasteiger partial charge in [-0.15, -0.1) is 24.0 Å². The number of rotatable bonds is 10. The first-order valence-electron chi connectivity index (χ1n) is 10.1.